The largest absolute Gasteiger partial charge is 0.472 e. The van der Waals surface area contributed by atoms with Gasteiger partial charge in [0.1, 0.15) is 11.6 Å². The Morgan fingerprint density at radius 3 is 2.35 bits per heavy atom. The van der Waals surface area contributed by atoms with Crippen LogP contribution in [-0.2, 0) is 11.8 Å². The number of nitrogens with zero attached hydrogens (tertiary/aromatic N) is 3. The van der Waals surface area contributed by atoms with Crippen molar-refractivity contribution in [2.24, 2.45) is 7.05 Å². The number of aromatic nitrogens is 3. The fourth-order valence-electron chi connectivity index (χ4n) is 3.04. The van der Waals surface area contributed by atoms with Crippen LogP contribution in [0, 0.1) is 11.6 Å². The first-order chi connectivity index (χ1) is 15.9. The van der Waals surface area contributed by atoms with Gasteiger partial charge in [0.2, 0.25) is 0 Å². The number of aryl methyl sites for hydroxylation is 1. The first kappa shape index (κ1) is 24.9. The fourth-order valence-corrected chi connectivity index (χ4v) is 3.25. The van der Waals surface area contributed by atoms with Gasteiger partial charge < -0.3 is 5.32 Å². The molecule has 2 heterocycles. The summed E-state index contributed by atoms with van der Waals surface area (Å²) in [5.74, 6) is -3.93. The van der Waals surface area contributed by atoms with E-state index in [0.29, 0.717) is 5.56 Å². The zero-order valence-electron chi connectivity index (χ0n) is 17.5. The van der Waals surface area contributed by atoms with Crippen LogP contribution in [0.2, 0.25) is 5.02 Å². The van der Waals surface area contributed by atoms with Gasteiger partial charge in [-0.15, -0.1) is 0 Å². The zero-order valence-corrected chi connectivity index (χ0v) is 18.2. The third kappa shape index (κ3) is 5.60. The summed E-state index contributed by atoms with van der Waals surface area (Å²) in [6, 6.07) is 1.25. The Labute approximate surface area is 194 Å². The predicted molar refractivity (Wildman–Crippen MR) is 111 cm³/mol. The van der Waals surface area contributed by atoms with Gasteiger partial charge in [0.25, 0.3) is 0 Å². The molecule has 0 saturated heterocycles. The van der Waals surface area contributed by atoms with Gasteiger partial charge in [-0.1, -0.05) is 11.6 Å². The Kier molecular flexibility index (Phi) is 7.05. The van der Waals surface area contributed by atoms with Crippen molar-refractivity contribution in [3.8, 4) is 22.3 Å². The highest BCUT2D eigenvalue weighted by Gasteiger charge is 2.39. The van der Waals surface area contributed by atoms with E-state index in [0.717, 1.165) is 17.6 Å². The quantitative estimate of drug-likeness (QED) is 0.370. The number of carbonyl (C=O) groups is 2. The molecule has 0 fully saturated rings. The van der Waals surface area contributed by atoms with Crippen LogP contribution < -0.4 is 16.2 Å². The van der Waals surface area contributed by atoms with Crippen molar-refractivity contribution in [2.75, 3.05) is 0 Å². The molecule has 2 aromatic heterocycles. The van der Waals surface area contributed by atoms with Crippen LogP contribution in [0.4, 0.5) is 26.7 Å². The third-order valence-corrected chi connectivity index (χ3v) is 4.75. The molecule has 180 valence electrons. The molecule has 0 aliphatic heterocycles. The molecular formula is C20H16ClF5N6O2. The van der Waals surface area contributed by atoms with Crippen molar-refractivity contribution in [3.63, 3.8) is 0 Å². The first-order valence-corrected chi connectivity index (χ1v) is 9.82. The maximum absolute atomic E-state index is 14.9. The molecule has 1 atom stereocenters. The second-order valence-electron chi connectivity index (χ2n) is 7.08. The molecule has 0 aliphatic rings. The van der Waals surface area contributed by atoms with E-state index in [4.69, 9.17) is 11.6 Å². The Bertz CT molecular complexity index is 1250. The number of halogens is 6. The van der Waals surface area contributed by atoms with E-state index in [9.17, 15) is 31.5 Å². The van der Waals surface area contributed by atoms with E-state index in [-0.39, 0.29) is 27.4 Å². The van der Waals surface area contributed by atoms with Crippen LogP contribution in [0.5, 0.6) is 0 Å². The number of benzene rings is 1. The summed E-state index contributed by atoms with van der Waals surface area (Å²) < 4.78 is 67.6. The highest BCUT2D eigenvalue weighted by atomic mass is 35.5. The molecule has 3 aromatic rings. The van der Waals surface area contributed by atoms with Gasteiger partial charge in [-0.3, -0.25) is 19.9 Å². The number of amides is 3. The maximum atomic E-state index is 14.9. The highest BCUT2D eigenvalue weighted by Crippen LogP contribution is 2.37. The molecule has 3 amide bonds. The molecule has 3 N–H and O–H groups in total. The Morgan fingerprint density at radius 1 is 1.06 bits per heavy atom. The molecule has 0 saturated carbocycles. The number of hydrazine groups is 1. The van der Waals surface area contributed by atoms with E-state index in [1.807, 2.05) is 0 Å². The second kappa shape index (κ2) is 9.63. The van der Waals surface area contributed by atoms with E-state index >= 15 is 0 Å². The highest BCUT2D eigenvalue weighted by molar-refractivity contribution is 6.31. The van der Waals surface area contributed by atoms with Crippen LogP contribution in [0.3, 0.4) is 0 Å². The molecule has 0 aliphatic carbocycles. The van der Waals surface area contributed by atoms with Crippen LogP contribution in [0.1, 0.15) is 18.7 Å². The Morgan fingerprint density at radius 2 is 1.76 bits per heavy atom. The van der Waals surface area contributed by atoms with E-state index in [2.05, 4.69) is 15.4 Å². The number of alkyl halides is 3. The molecule has 14 heteroatoms. The number of carbonyl (C=O) groups excluding carboxylic acids is 2. The summed E-state index contributed by atoms with van der Waals surface area (Å²) in [6.07, 6.45) is -0.978. The van der Waals surface area contributed by atoms with Crippen LogP contribution in [0.15, 0.2) is 36.8 Å². The lowest BCUT2D eigenvalue weighted by atomic mass is 9.96. The predicted octanol–water partition coefficient (Wildman–Crippen LogP) is 4.03. The second-order valence-corrected chi connectivity index (χ2v) is 7.51. The third-order valence-electron chi connectivity index (χ3n) is 4.53. The standard InChI is InChI=1S/C20H16ClF5N6O2/c1-9(29-19(34)31-30-18(33)20(24,25)26)17-15(23)3-10(6-27-17)13-4-12(21)5-14(22)16(13)11-7-28-32(2)8-11/h3-9H,1-2H3,(H,30,33)(H2,29,31,34)/t9-/m1/s1. The summed E-state index contributed by atoms with van der Waals surface area (Å²) in [7, 11) is 1.64. The smallest absolute Gasteiger partial charge is 0.329 e. The maximum Gasteiger partial charge on any atom is 0.472 e. The molecule has 34 heavy (non-hydrogen) atoms. The minimum atomic E-state index is -5.20. The number of rotatable bonds is 4. The van der Waals surface area contributed by atoms with Gasteiger partial charge >= 0.3 is 18.1 Å². The van der Waals surface area contributed by atoms with E-state index in [1.54, 1.807) is 13.2 Å². The lowest BCUT2D eigenvalue weighted by Crippen LogP contribution is -2.51. The summed E-state index contributed by atoms with van der Waals surface area (Å²) in [4.78, 5) is 26.4. The summed E-state index contributed by atoms with van der Waals surface area (Å²) in [5, 5.41) is 6.21. The summed E-state index contributed by atoms with van der Waals surface area (Å²) in [5.41, 5.74) is 3.37. The van der Waals surface area contributed by atoms with Gasteiger partial charge in [-0.2, -0.15) is 18.3 Å². The van der Waals surface area contributed by atoms with Gasteiger partial charge in [0.15, 0.2) is 0 Å². The SMILES string of the molecule is C[C@@H](NC(=O)NNC(=O)C(F)(F)F)c1ncc(-c2cc(Cl)cc(F)c2-c2cnn(C)c2)cc1F. The average Bonchev–Trinajstić information content (AvgIpc) is 3.16. The van der Waals surface area contributed by atoms with Gasteiger partial charge in [-0.25, -0.2) is 19.0 Å². The first-order valence-electron chi connectivity index (χ1n) is 9.44. The van der Waals surface area contributed by atoms with Gasteiger partial charge in [-0.05, 0) is 30.7 Å². The van der Waals surface area contributed by atoms with Crippen LogP contribution in [0.25, 0.3) is 22.3 Å². The van der Waals surface area contributed by atoms with Crippen LogP contribution >= 0.6 is 11.6 Å². The molecule has 3 rings (SSSR count). The summed E-state index contributed by atoms with van der Waals surface area (Å²) >= 11 is 5.99. The number of pyridine rings is 1. The average molecular weight is 503 g/mol. The molecule has 1 aromatic carbocycles. The molecule has 0 unspecified atom stereocenters. The minimum Gasteiger partial charge on any atom is -0.329 e. The fraction of sp³-hybridized carbons (Fsp3) is 0.200. The molecule has 8 nitrogen and oxygen atoms in total. The number of nitrogens with one attached hydrogen (secondary N) is 3. The van der Waals surface area contributed by atoms with Crippen molar-refractivity contribution >= 4 is 23.5 Å². The summed E-state index contributed by atoms with van der Waals surface area (Å²) in [6.45, 7) is 1.32. The number of hydrogen-bond acceptors (Lipinski definition) is 4. The van der Waals surface area contributed by atoms with Crippen molar-refractivity contribution in [3.05, 3.63) is 59.1 Å². The minimum absolute atomic E-state index is 0.0669. The molecule has 0 bridgehead atoms. The van der Waals surface area contributed by atoms with Crippen molar-refractivity contribution in [2.45, 2.75) is 19.1 Å². The molecule has 0 spiro atoms. The number of urea groups is 1. The van der Waals surface area contributed by atoms with Gasteiger partial charge in [0, 0.05) is 41.2 Å². The van der Waals surface area contributed by atoms with Crippen molar-refractivity contribution in [1.82, 2.24) is 30.9 Å². The lowest BCUT2D eigenvalue weighted by molar-refractivity contribution is -0.174. The molecular weight excluding hydrogens is 487 g/mol. The number of hydrogen-bond donors (Lipinski definition) is 3. The van der Waals surface area contributed by atoms with E-state index in [1.165, 1.54) is 35.5 Å². The van der Waals surface area contributed by atoms with Crippen LogP contribution in [-0.4, -0.2) is 32.9 Å². The monoisotopic (exact) mass is 502 g/mol. The van der Waals surface area contributed by atoms with Crippen molar-refractivity contribution in [1.29, 1.82) is 0 Å². The lowest BCUT2D eigenvalue weighted by Gasteiger charge is -2.17. The van der Waals surface area contributed by atoms with E-state index < -0.39 is 35.8 Å². The Balaban J connectivity index is 1.83. The molecule has 0 radical (unpaired) electrons. The normalized spacial score (nSPS) is 12.2. The topological polar surface area (TPSA) is 101 Å². The zero-order chi connectivity index (χ0) is 25.2. The van der Waals surface area contributed by atoms with Crippen molar-refractivity contribution < 1.29 is 31.5 Å². The Hall–Kier alpha value is -3.74. The van der Waals surface area contributed by atoms with Gasteiger partial charge in [0.05, 0.1) is 17.9 Å².